The quantitative estimate of drug-likeness (QED) is 0.256. The largest absolute Gasteiger partial charge is 0.497 e. The number of aryl methyl sites for hydroxylation is 1. The summed E-state index contributed by atoms with van der Waals surface area (Å²) in [4.78, 5) is 12.2. The SMILES string of the molecule is COc1cccc(C#CCOc2ccc(S(=O)(=O)N(C)c3c(C)cc(Br)cc3C(=O)NO)cc2)c1. The van der Waals surface area contributed by atoms with E-state index in [1.54, 1.807) is 25.6 Å². The highest BCUT2D eigenvalue weighted by molar-refractivity contribution is 9.10. The molecule has 0 aliphatic carbocycles. The van der Waals surface area contributed by atoms with E-state index in [1.807, 2.05) is 24.3 Å². The van der Waals surface area contributed by atoms with Crippen LogP contribution in [0, 0.1) is 18.8 Å². The summed E-state index contributed by atoms with van der Waals surface area (Å²) >= 11 is 3.28. The highest BCUT2D eigenvalue weighted by Gasteiger charge is 2.27. The van der Waals surface area contributed by atoms with E-state index in [0.717, 1.165) is 9.87 Å². The number of rotatable bonds is 7. The van der Waals surface area contributed by atoms with Crippen molar-refractivity contribution in [3.05, 3.63) is 81.8 Å². The molecule has 0 radical (unpaired) electrons. The maximum absolute atomic E-state index is 13.3. The Labute approximate surface area is 212 Å². The molecule has 2 N–H and O–H groups in total. The van der Waals surface area contributed by atoms with Gasteiger partial charge in [0.2, 0.25) is 0 Å². The molecule has 0 aliphatic heterocycles. The van der Waals surface area contributed by atoms with Gasteiger partial charge in [-0.2, -0.15) is 0 Å². The van der Waals surface area contributed by atoms with Crippen LogP contribution in [0.15, 0.2) is 70.0 Å². The molecule has 0 aliphatic rings. The minimum atomic E-state index is -4.02. The first kappa shape index (κ1) is 26.1. The molecule has 0 saturated carbocycles. The van der Waals surface area contributed by atoms with Crippen LogP contribution in [0.3, 0.4) is 0 Å². The predicted octanol–water partition coefficient (Wildman–Crippen LogP) is 4.14. The van der Waals surface area contributed by atoms with Gasteiger partial charge in [0.1, 0.15) is 18.1 Å². The minimum absolute atomic E-state index is 0.0000129. The monoisotopic (exact) mass is 558 g/mol. The summed E-state index contributed by atoms with van der Waals surface area (Å²) in [5.41, 5.74) is 3.01. The zero-order valence-corrected chi connectivity index (χ0v) is 21.6. The molecule has 35 heavy (non-hydrogen) atoms. The topological polar surface area (TPSA) is 105 Å². The van der Waals surface area contributed by atoms with Crippen LogP contribution >= 0.6 is 15.9 Å². The molecule has 0 saturated heterocycles. The summed E-state index contributed by atoms with van der Waals surface area (Å²) in [5, 5.41) is 9.09. The Hall–Kier alpha value is -3.52. The lowest BCUT2D eigenvalue weighted by Gasteiger charge is -2.24. The molecule has 3 aromatic rings. The van der Waals surface area contributed by atoms with Gasteiger partial charge < -0.3 is 9.47 Å². The molecule has 8 nitrogen and oxygen atoms in total. The van der Waals surface area contributed by atoms with Crippen molar-refractivity contribution in [2.75, 3.05) is 25.1 Å². The summed E-state index contributed by atoms with van der Waals surface area (Å²) < 4.78 is 38.9. The first-order valence-electron chi connectivity index (χ1n) is 10.3. The number of hydroxylamine groups is 1. The Morgan fingerprint density at radius 1 is 1.11 bits per heavy atom. The number of carbonyl (C=O) groups is 1. The van der Waals surface area contributed by atoms with E-state index in [2.05, 4.69) is 27.8 Å². The molecule has 10 heteroatoms. The average molecular weight is 559 g/mol. The van der Waals surface area contributed by atoms with Gasteiger partial charge in [-0.15, -0.1) is 0 Å². The van der Waals surface area contributed by atoms with Crippen LogP contribution in [0.4, 0.5) is 5.69 Å². The number of methoxy groups -OCH3 is 1. The lowest BCUT2D eigenvalue weighted by atomic mass is 10.1. The van der Waals surface area contributed by atoms with Crippen molar-refractivity contribution >= 4 is 37.5 Å². The molecule has 0 heterocycles. The Bertz CT molecular complexity index is 1400. The molecule has 1 amide bonds. The predicted molar refractivity (Wildman–Crippen MR) is 136 cm³/mol. The standard InChI is InChI=1S/C25H23BrN2O6S/c1-17-14-19(26)16-23(25(29)27-30)24(17)28(2)35(31,32)22-11-9-20(10-12-22)34-13-5-7-18-6-4-8-21(15-18)33-3/h4,6,8-12,14-16,30H,13H2,1-3H3,(H,27,29). The molecule has 0 bridgehead atoms. The van der Waals surface area contributed by atoms with Gasteiger partial charge in [0.25, 0.3) is 15.9 Å². The highest BCUT2D eigenvalue weighted by atomic mass is 79.9. The Kier molecular flexibility index (Phi) is 8.40. The van der Waals surface area contributed by atoms with Crippen LogP contribution in [0.25, 0.3) is 0 Å². The van der Waals surface area contributed by atoms with Crippen LogP contribution in [0.1, 0.15) is 21.5 Å². The van der Waals surface area contributed by atoms with Crippen molar-refractivity contribution in [2.24, 2.45) is 0 Å². The molecule has 0 aromatic heterocycles. The molecule has 0 atom stereocenters. The highest BCUT2D eigenvalue weighted by Crippen LogP contribution is 2.32. The summed E-state index contributed by atoms with van der Waals surface area (Å²) in [5.74, 6) is 6.21. The Balaban J connectivity index is 1.77. The fourth-order valence-corrected chi connectivity index (χ4v) is 5.18. The van der Waals surface area contributed by atoms with Gasteiger partial charge in [0, 0.05) is 17.1 Å². The van der Waals surface area contributed by atoms with E-state index >= 15 is 0 Å². The normalized spacial score (nSPS) is 10.7. The number of halogens is 1. The van der Waals surface area contributed by atoms with Gasteiger partial charge in [0.05, 0.1) is 23.3 Å². The van der Waals surface area contributed by atoms with E-state index in [1.165, 1.54) is 37.4 Å². The van der Waals surface area contributed by atoms with E-state index in [4.69, 9.17) is 14.7 Å². The van der Waals surface area contributed by atoms with Crippen molar-refractivity contribution in [1.82, 2.24) is 5.48 Å². The number of ether oxygens (including phenoxy) is 2. The number of nitrogens with one attached hydrogen (secondary N) is 1. The lowest BCUT2D eigenvalue weighted by molar-refractivity contribution is 0.0707. The van der Waals surface area contributed by atoms with Gasteiger partial charge in [-0.25, -0.2) is 13.9 Å². The molecule has 3 aromatic carbocycles. The van der Waals surface area contributed by atoms with Gasteiger partial charge in [-0.1, -0.05) is 33.8 Å². The number of nitrogens with zero attached hydrogens (tertiary/aromatic N) is 1. The third kappa shape index (κ3) is 6.14. The number of anilines is 1. The Morgan fingerprint density at radius 3 is 2.49 bits per heavy atom. The van der Waals surface area contributed by atoms with Gasteiger partial charge >= 0.3 is 0 Å². The molecular formula is C25H23BrN2O6S. The molecule has 3 rings (SSSR count). The third-order valence-corrected chi connectivity index (χ3v) is 7.25. The number of benzene rings is 3. The number of hydrogen-bond acceptors (Lipinski definition) is 6. The molecule has 0 unspecified atom stereocenters. The fourth-order valence-electron chi connectivity index (χ4n) is 3.33. The zero-order chi connectivity index (χ0) is 25.6. The van der Waals surface area contributed by atoms with Crippen molar-refractivity contribution in [2.45, 2.75) is 11.8 Å². The minimum Gasteiger partial charge on any atom is -0.497 e. The summed E-state index contributed by atoms with van der Waals surface area (Å²) in [6, 6.07) is 16.3. The van der Waals surface area contributed by atoms with E-state index in [9.17, 15) is 13.2 Å². The number of carbonyl (C=O) groups excluding carboxylic acids is 1. The lowest BCUT2D eigenvalue weighted by Crippen LogP contribution is -2.30. The number of amides is 1. The Morgan fingerprint density at radius 2 is 1.83 bits per heavy atom. The van der Waals surface area contributed by atoms with Gasteiger partial charge in [0.15, 0.2) is 0 Å². The van der Waals surface area contributed by atoms with Crippen molar-refractivity contribution < 1.29 is 27.9 Å². The smallest absolute Gasteiger partial charge is 0.276 e. The van der Waals surface area contributed by atoms with E-state index < -0.39 is 15.9 Å². The fraction of sp³-hybridized carbons (Fsp3) is 0.160. The van der Waals surface area contributed by atoms with E-state index in [-0.39, 0.29) is 22.8 Å². The summed E-state index contributed by atoms with van der Waals surface area (Å²) in [6.07, 6.45) is 0. The maximum Gasteiger partial charge on any atom is 0.276 e. The van der Waals surface area contributed by atoms with Crippen LogP contribution < -0.4 is 19.3 Å². The molecule has 182 valence electrons. The van der Waals surface area contributed by atoms with Gasteiger partial charge in [-0.3, -0.25) is 14.3 Å². The number of sulfonamides is 1. The molecular weight excluding hydrogens is 536 g/mol. The first-order chi connectivity index (χ1) is 16.7. The molecule has 0 spiro atoms. The van der Waals surface area contributed by atoms with Crippen molar-refractivity contribution in [3.63, 3.8) is 0 Å². The molecule has 0 fully saturated rings. The van der Waals surface area contributed by atoms with E-state index in [0.29, 0.717) is 21.5 Å². The van der Waals surface area contributed by atoms with Crippen molar-refractivity contribution in [1.29, 1.82) is 0 Å². The second-order valence-electron chi connectivity index (χ2n) is 7.33. The van der Waals surface area contributed by atoms with Crippen LogP contribution in [0.2, 0.25) is 0 Å². The second-order valence-corrected chi connectivity index (χ2v) is 10.2. The van der Waals surface area contributed by atoms with Crippen LogP contribution in [0.5, 0.6) is 11.5 Å². The summed E-state index contributed by atoms with van der Waals surface area (Å²) in [7, 11) is -1.08. The maximum atomic E-state index is 13.3. The third-order valence-electron chi connectivity index (χ3n) is 5.02. The summed E-state index contributed by atoms with van der Waals surface area (Å²) in [6.45, 7) is 1.78. The number of hydrogen-bond donors (Lipinski definition) is 2. The first-order valence-corrected chi connectivity index (χ1v) is 12.5. The van der Waals surface area contributed by atoms with Crippen molar-refractivity contribution in [3.8, 4) is 23.3 Å². The zero-order valence-electron chi connectivity index (χ0n) is 19.2. The van der Waals surface area contributed by atoms with Gasteiger partial charge in [-0.05, 0) is 67.1 Å². The second kappa shape index (κ2) is 11.3. The van der Waals surface area contributed by atoms with Crippen LogP contribution in [-0.4, -0.2) is 40.3 Å². The van der Waals surface area contributed by atoms with Crippen LogP contribution in [-0.2, 0) is 10.0 Å². The average Bonchev–Trinajstić information content (AvgIpc) is 2.85.